The van der Waals surface area contributed by atoms with E-state index in [0.29, 0.717) is 12.0 Å². The molecule has 0 aromatic heterocycles. The zero-order valence-corrected chi connectivity index (χ0v) is 17.3. The molecule has 0 saturated carbocycles. The predicted octanol–water partition coefficient (Wildman–Crippen LogP) is 4.70. The molecule has 0 fully saturated rings. The highest BCUT2D eigenvalue weighted by Crippen LogP contribution is 2.44. The van der Waals surface area contributed by atoms with Crippen LogP contribution < -0.4 is 16.2 Å². The van der Waals surface area contributed by atoms with E-state index in [9.17, 15) is 23.1 Å². The Balaban J connectivity index is 1.74. The fourth-order valence-corrected chi connectivity index (χ4v) is 3.31. The molecule has 5 N–H and O–H groups in total. The summed E-state index contributed by atoms with van der Waals surface area (Å²) in [7, 11) is 0. The first-order valence-electron chi connectivity index (χ1n) is 9.81. The van der Waals surface area contributed by atoms with E-state index >= 15 is 0 Å². The summed E-state index contributed by atoms with van der Waals surface area (Å²) in [5.41, 5.74) is 13.1. The number of carbonyl (C=O) groups is 1. The second kappa shape index (κ2) is 9.42. The number of ketones is 1. The normalized spacial score (nSPS) is 11.6. The zero-order valence-electron chi connectivity index (χ0n) is 17.3. The van der Waals surface area contributed by atoms with Crippen molar-refractivity contribution >= 4 is 5.78 Å². The summed E-state index contributed by atoms with van der Waals surface area (Å²) in [6.45, 7) is 0.942. The van der Waals surface area contributed by atoms with Crippen molar-refractivity contribution in [3.05, 3.63) is 94.0 Å². The Kier molecular flexibility index (Phi) is 6.86. The lowest BCUT2D eigenvalue weighted by Gasteiger charge is -2.17. The zero-order chi connectivity index (χ0) is 23.5. The summed E-state index contributed by atoms with van der Waals surface area (Å²) in [5.74, 6) is -2.34. The van der Waals surface area contributed by atoms with Gasteiger partial charge in [-0.25, -0.2) is 0 Å². The fraction of sp³-hybridized carbons (Fsp3) is 0.208. The van der Waals surface area contributed by atoms with Crippen LogP contribution in [-0.4, -0.2) is 10.9 Å². The second-order valence-electron chi connectivity index (χ2n) is 7.44. The van der Waals surface area contributed by atoms with E-state index in [1.807, 2.05) is 36.4 Å². The molecule has 0 amide bonds. The Morgan fingerprint density at radius 2 is 1.66 bits per heavy atom. The molecule has 0 aliphatic carbocycles. The van der Waals surface area contributed by atoms with Gasteiger partial charge in [0.05, 0.1) is 11.7 Å². The molecule has 0 heterocycles. The summed E-state index contributed by atoms with van der Waals surface area (Å²) in [4.78, 5) is 11.5. The quantitative estimate of drug-likeness (QED) is 0.362. The molecule has 32 heavy (non-hydrogen) atoms. The summed E-state index contributed by atoms with van der Waals surface area (Å²) in [6, 6.07) is 17.0. The lowest BCUT2D eigenvalue weighted by Crippen LogP contribution is -2.20. The number of benzene rings is 3. The van der Waals surface area contributed by atoms with E-state index in [1.165, 1.54) is 0 Å². The Bertz CT molecular complexity index is 1110. The minimum atomic E-state index is -4.88. The number of phenols is 1. The molecule has 0 atom stereocenters. The van der Waals surface area contributed by atoms with Gasteiger partial charge in [0.25, 0.3) is 0 Å². The topological polar surface area (TPSA) is 98.6 Å². The van der Waals surface area contributed by atoms with E-state index in [0.717, 1.165) is 35.7 Å². The van der Waals surface area contributed by atoms with Gasteiger partial charge in [0.2, 0.25) is 0 Å². The smallest absolute Gasteiger partial charge is 0.423 e. The molecule has 5 nitrogen and oxygen atoms in total. The summed E-state index contributed by atoms with van der Waals surface area (Å²) < 4.78 is 45.7. The van der Waals surface area contributed by atoms with Crippen LogP contribution in [0.1, 0.15) is 51.3 Å². The van der Waals surface area contributed by atoms with Gasteiger partial charge >= 0.3 is 6.18 Å². The van der Waals surface area contributed by atoms with Crippen LogP contribution in [0.15, 0.2) is 60.7 Å². The minimum absolute atomic E-state index is 0.139. The number of carbonyl (C=O) groups excluding carboxylic acids is 1. The van der Waals surface area contributed by atoms with Crippen molar-refractivity contribution in [3.63, 3.8) is 0 Å². The second-order valence-corrected chi connectivity index (χ2v) is 7.44. The van der Waals surface area contributed by atoms with E-state index < -0.39 is 40.8 Å². The van der Waals surface area contributed by atoms with Crippen LogP contribution in [-0.2, 0) is 19.2 Å². The Morgan fingerprint density at radius 3 is 2.25 bits per heavy atom. The van der Waals surface area contributed by atoms with Gasteiger partial charge in [-0.3, -0.25) is 4.79 Å². The maximum atomic E-state index is 13.4. The van der Waals surface area contributed by atoms with Crippen LogP contribution in [0.5, 0.6) is 11.5 Å². The third-order valence-corrected chi connectivity index (χ3v) is 4.96. The number of nitrogens with two attached hydrogens (primary N) is 2. The Hall–Kier alpha value is -3.36. The van der Waals surface area contributed by atoms with Crippen molar-refractivity contribution in [2.45, 2.75) is 32.3 Å². The minimum Gasteiger partial charge on any atom is -0.506 e. The first-order chi connectivity index (χ1) is 15.1. The number of hydrogen-bond acceptors (Lipinski definition) is 5. The van der Waals surface area contributed by atoms with Gasteiger partial charge in [-0.15, -0.1) is 0 Å². The Morgan fingerprint density at radius 1 is 1.00 bits per heavy atom. The number of phenolic OH excluding ortho intramolecular Hbond substituents is 1. The molecule has 0 unspecified atom stereocenters. The van der Waals surface area contributed by atoms with Crippen molar-refractivity contribution in [1.82, 2.24) is 0 Å². The molecular weight excluding hydrogens is 421 g/mol. The SMILES string of the molecule is CC(=O)c1ccc(OCc2ccc(Cc3cccc(C(N)N)c3)cc2)c(C(F)(F)F)c1O. The van der Waals surface area contributed by atoms with Gasteiger partial charge in [0, 0.05) is 0 Å². The van der Waals surface area contributed by atoms with Crippen molar-refractivity contribution in [3.8, 4) is 11.5 Å². The van der Waals surface area contributed by atoms with Gasteiger partial charge in [0.1, 0.15) is 23.7 Å². The number of hydrogen-bond donors (Lipinski definition) is 3. The molecule has 168 valence electrons. The molecule has 0 saturated heterocycles. The van der Waals surface area contributed by atoms with Crippen molar-refractivity contribution in [1.29, 1.82) is 0 Å². The van der Waals surface area contributed by atoms with E-state index in [4.69, 9.17) is 16.2 Å². The highest BCUT2D eigenvalue weighted by Gasteiger charge is 2.39. The standard InChI is InChI=1S/C24H23F3N2O3/c1-14(30)19-9-10-20(21(22(19)31)24(25,26)27)32-13-16-7-5-15(6-8-16)11-17-3-2-4-18(12-17)23(28)29/h2-10,12,23,31H,11,13,28-29H2,1H3. The van der Waals surface area contributed by atoms with Crippen molar-refractivity contribution in [2.75, 3.05) is 0 Å². The molecule has 3 rings (SSSR count). The molecule has 0 aliphatic heterocycles. The largest absolute Gasteiger partial charge is 0.506 e. The van der Waals surface area contributed by atoms with Gasteiger partial charge in [0.15, 0.2) is 5.78 Å². The highest BCUT2D eigenvalue weighted by molar-refractivity contribution is 5.97. The molecule has 3 aromatic carbocycles. The van der Waals surface area contributed by atoms with Gasteiger partial charge in [-0.05, 0) is 47.7 Å². The van der Waals surface area contributed by atoms with Gasteiger partial charge in [-0.2, -0.15) is 13.2 Å². The average Bonchev–Trinajstić information content (AvgIpc) is 2.72. The third kappa shape index (κ3) is 5.46. The monoisotopic (exact) mass is 444 g/mol. The number of alkyl halides is 3. The van der Waals surface area contributed by atoms with Crippen LogP contribution in [0.4, 0.5) is 13.2 Å². The molecule has 0 bridgehead atoms. The molecule has 0 radical (unpaired) electrons. The lowest BCUT2D eigenvalue weighted by molar-refractivity contribution is -0.140. The highest BCUT2D eigenvalue weighted by atomic mass is 19.4. The number of ether oxygens (including phenoxy) is 1. The third-order valence-electron chi connectivity index (χ3n) is 4.96. The van der Waals surface area contributed by atoms with Crippen LogP contribution in [0.2, 0.25) is 0 Å². The maximum Gasteiger partial charge on any atom is 0.423 e. The number of aromatic hydroxyl groups is 1. The first kappa shape index (κ1) is 23.3. The van der Waals surface area contributed by atoms with Crippen LogP contribution in [0, 0.1) is 0 Å². The molecule has 3 aromatic rings. The molecule has 0 aliphatic rings. The van der Waals surface area contributed by atoms with Crippen LogP contribution >= 0.6 is 0 Å². The summed E-state index contributed by atoms with van der Waals surface area (Å²) >= 11 is 0. The maximum absolute atomic E-state index is 13.4. The lowest BCUT2D eigenvalue weighted by atomic mass is 10.0. The molecular formula is C24H23F3N2O3. The van der Waals surface area contributed by atoms with Crippen molar-refractivity contribution in [2.24, 2.45) is 11.5 Å². The summed E-state index contributed by atoms with van der Waals surface area (Å²) in [5, 5.41) is 9.97. The number of rotatable bonds is 7. The molecule has 0 spiro atoms. The van der Waals surface area contributed by atoms with Gasteiger partial charge in [-0.1, -0.05) is 48.5 Å². The number of Topliss-reactive ketones (excluding diaryl/α,β-unsaturated/α-hetero) is 1. The van der Waals surface area contributed by atoms with E-state index in [2.05, 4.69) is 0 Å². The van der Waals surface area contributed by atoms with Crippen molar-refractivity contribution < 1.29 is 27.8 Å². The predicted molar refractivity (Wildman–Crippen MR) is 114 cm³/mol. The van der Waals surface area contributed by atoms with E-state index in [-0.39, 0.29) is 6.61 Å². The van der Waals surface area contributed by atoms with Crippen LogP contribution in [0.3, 0.4) is 0 Å². The fourth-order valence-electron chi connectivity index (χ4n) is 3.31. The molecule has 8 heteroatoms. The first-order valence-corrected chi connectivity index (χ1v) is 9.81. The van der Waals surface area contributed by atoms with Gasteiger partial charge < -0.3 is 21.3 Å². The van der Waals surface area contributed by atoms with Crippen LogP contribution in [0.25, 0.3) is 0 Å². The average molecular weight is 444 g/mol. The Labute approximate surface area is 183 Å². The number of halogens is 3. The van der Waals surface area contributed by atoms with E-state index in [1.54, 1.807) is 12.1 Å². The summed E-state index contributed by atoms with van der Waals surface area (Å²) in [6.07, 6.45) is -4.80.